The van der Waals surface area contributed by atoms with Gasteiger partial charge in [-0.1, -0.05) is 51.1 Å². The smallest absolute Gasteiger partial charge is 0.0236 e. The van der Waals surface area contributed by atoms with Gasteiger partial charge in [-0.3, -0.25) is 4.90 Å². The summed E-state index contributed by atoms with van der Waals surface area (Å²) in [6.07, 6.45) is 1.23. The molecule has 0 saturated carbocycles. The molecule has 0 fully saturated rings. The van der Waals surface area contributed by atoms with E-state index in [2.05, 4.69) is 43.9 Å². The highest BCUT2D eigenvalue weighted by atomic mass is 32.1. The molecule has 1 aromatic carbocycles. The molecule has 0 aliphatic carbocycles. The van der Waals surface area contributed by atoms with E-state index in [4.69, 9.17) is 0 Å². The van der Waals surface area contributed by atoms with Crippen LogP contribution in [0.3, 0.4) is 0 Å². The second-order valence-corrected chi connectivity index (χ2v) is 6.37. The Labute approximate surface area is 127 Å². The third kappa shape index (κ3) is 3.94. The third-order valence-corrected chi connectivity index (χ3v) is 4.50. The number of fused-ring (bicyclic) bond motifs is 1. The lowest BCUT2D eigenvalue weighted by molar-refractivity contribution is 0.267. The summed E-state index contributed by atoms with van der Waals surface area (Å²) in [5.41, 5.74) is 4.73. The predicted octanol–water partition coefficient (Wildman–Crippen LogP) is 4.94. The fourth-order valence-corrected chi connectivity index (χ4v) is 3.19. The Balaban J connectivity index is 0.000000247. The highest BCUT2D eigenvalue weighted by Gasteiger charge is 2.18. The zero-order valence-electron chi connectivity index (χ0n) is 12.8. The second kappa shape index (κ2) is 7.61. The predicted molar refractivity (Wildman–Crippen MR) is 89.5 cm³/mol. The van der Waals surface area contributed by atoms with Crippen molar-refractivity contribution in [3.05, 3.63) is 57.8 Å². The first-order valence-electron chi connectivity index (χ1n) is 7.52. The average Bonchev–Trinajstić information content (AvgIpc) is 3.05. The Hall–Kier alpha value is -1.12. The molecule has 0 spiro atoms. The van der Waals surface area contributed by atoms with Gasteiger partial charge in [-0.15, -0.1) is 0 Å². The van der Waals surface area contributed by atoms with Crippen molar-refractivity contribution in [2.75, 3.05) is 13.1 Å². The molecule has 0 bridgehead atoms. The first-order valence-corrected chi connectivity index (χ1v) is 8.46. The van der Waals surface area contributed by atoms with Crippen LogP contribution in [0.25, 0.3) is 0 Å². The monoisotopic (exact) mass is 287 g/mol. The van der Waals surface area contributed by atoms with Crippen molar-refractivity contribution in [1.29, 1.82) is 0 Å². The maximum atomic E-state index is 2.52. The number of hydrogen-bond acceptors (Lipinski definition) is 2. The minimum absolute atomic E-state index is 0.660. The highest BCUT2D eigenvalue weighted by Crippen LogP contribution is 2.27. The molecule has 1 aromatic heterocycles. The van der Waals surface area contributed by atoms with Gasteiger partial charge < -0.3 is 0 Å². The van der Waals surface area contributed by atoms with E-state index in [0.29, 0.717) is 5.92 Å². The summed E-state index contributed by atoms with van der Waals surface area (Å²) in [5, 5.41) is 4.08. The molecular weight excluding hydrogens is 262 g/mol. The van der Waals surface area contributed by atoms with Gasteiger partial charge in [-0.2, -0.15) is 11.3 Å². The lowest BCUT2D eigenvalue weighted by Crippen LogP contribution is -2.30. The Kier molecular flexibility index (Phi) is 5.81. The molecule has 2 heterocycles. The topological polar surface area (TPSA) is 3.24 Å². The van der Waals surface area contributed by atoms with Crippen LogP contribution in [0.15, 0.2) is 41.1 Å². The van der Waals surface area contributed by atoms with E-state index in [1.165, 1.54) is 19.5 Å². The number of nitrogens with zero attached hydrogens (tertiary/aromatic N) is 1. The molecule has 1 aliphatic rings. The van der Waals surface area contributed by atoms with E-state index < -0.39 is 0 Å². The molecule has 20 heavy (non-hydrogen) atoms. The number of hydrogen-bond donors (Lipinski definition) is 0. The SMILES string of the molecule is CCN1CCc2c(cccc2C(C)C)C1.c1ccsc1. The Morgan fingerprint density at radius 2 is 1.90 bits per heavy atom. The molecule has 2 aromatic rings. The van der Waals surface area contributed by atoms with Crippen molar-refractivity contribution in [3.63, 3.8) is 0 Å². The van der Waals surface area contributed by atoms with Gasteiger partial charge in [-0.05, 0) is 46.3 Å². The van der Waals surface area contributed by atoms with E-state index in [1.54, 1.807) is 28.0 Å². The molecular formula is C18H25NS. The van der Waals surface area contributed by atoms with Crippen LogP contribution in [-0.4, -0.2) is 18.0 Å². The molecule has 0 N–H and O–H groups in total. The van der Waals surface area contributed by atoms with Crippen LogP contribution in [0, 0.1) is 0 Å². The standard InChI is InChI=1S/C14H21N.C4H4S/c1-4-15-9-8-14-12(10-15)6-5-7-13(14)11(2)3;1-2-4-5-3-1/h5-7,11H,4,8-10H2,1-3H3;1-4H. The Bertz CT molecular complexity index is 485. The maximum absolute atomic E-state index is 2.52. The van der Waals surface area contributed by atoms with E-state index in [0.717, 1.165) is 6.54 Å². The van der Waals surface area contributed by atoms with Crippen LogP contribution in [0.2, 0.25) is 0 Å². The molecule has 1 aliphatic heterocycles. The summed E-state index contributed by atoms with van der Waals surface area (Å²) in [6, 6.07) is 10.8. The van der Waals surface area contributed by atoms with Crippen LogP contribution in [0.1, 0.15) is 43.4 Å². The normalized spacial score (nSPS) is 14.6. The molecule has 3 rings (SSSR count). The van der Waals surface area contributed by atoms with E-state index in [9.17, 15) is 0 Å². The van der Waals surface area contributed by atoms with Gasteiger partial charge in [0.05, 0.1) is 0 Å². The number of thiophene rings is 1. The van der Waals surface area contributed by atoms with Gasteiger partial charge in [-0.25, -0.2) is 0 Å². The molecule has 0 amide bonds. The summed E-state index contributed by atoms with van der Waals surface area (Å²) >= 11 is 1.71. The van der Waals surface area contributed by atoms with Gasteiger partial charge in [0.1, 0.15) is 0 Å². The molecule has 0 unspecified atom stereocenters. The lowest BCUT2D eigenvalue weighted by Gasteiger charge is -2.29. The van der Waals surface area contributed by atoms with Gasteiger partial charge in [0.15, 0.2) is 0 Å². The Morgan fingerprint density at radius 1 is 1.15 bits per heavy atom. The fraction of sp³-hybridized carbons (Fsp3) is 0.444. The maximum Gasteiger partial charge on any atom is 0.0236 e. The molecule has 0 radical (unpaired) electrons. The molecule has 2 heteroatoms. The van der Waals surface area contributed by atoms with Crippen LogP contribution < -0.4 is 0 Å². The van der Waals surface area contributed by atoms with Crippen molar-refractivity contribution in [2.45, 2.75) is 39.7 Å². The molecule has 1 nitrogen and oxygen atoms in total. The van der Waals surface area contributed by atoms with Crippen LogP contribution in [0.5, 0.6) is 0 Å². The van der Waals surface area contributed by atoms with Crippen molar-refractivity contribution in [2.24, 2.45) is 0 Å². The largest absolute Gasteiger partial charge is 0.299 e. The number of benzene rings is 1. The molecule has 0 atom stereocenters. The van der Waals surface area contributed by atoms with Crippen LogP contribution in [0.4, 0.5) is 0 Å². The Morgan fingerprint density at radius 3 is 2.45 bits per heavy atom. The summed E-state index contributed by atoms with van der Waals surface area (Å²) < 4.78 is 0. The van der Waals surface area contributed by atoms with E-state index >= 15 is 0 Å². The van der Waals surface area contributed by atoms with Crippen molar-refractivity contribution < 1.29 is 0 Å². The average molecular weight is 287 g/mol. The summed E-state index contributed by atoms with van der Waals surface area (Å²) in [4.78, 5) is 2.52. The summed E-state index contributed by atoms with van der Waals surface area (Å²) in [5.74, 6) is 0.660. The van der Waals surface area contributed by atoms with E-state index in [-0.39, 0.29) is 0 Å². The third-order valence-electron chi connectivity index (χ3n) is 3.88. The highest BCUT2D eigenvalue weighted by molar-refractivity contribution is 7.07. The van der Waals surface area contributed by atoms with Gasteiger partial charge in [0.25, 0.3) is 0 Å². The van der Waals surface area contributed by atoms with Gasteiger partial charge >= 0.3 is 0 Å². The van der Waals surface area contributed by atoms with Crippen molar-refractivity contribution in [3.8, 4) is 0 Å². The van der Waals surface area contributed by atoms with Crippen molar-refractivity contribution in [1.82, 2.24) is 4.90 Å². The minimum atomic E-state index is 0.660. The van der Waals surface area contributed by atoms with Gasteiger partial charge in [0, 0.05) is 13.1 Å². The van der Waals surface area contributed by atoms with Crippen molar-refractivity contribution >= 4 is 11.3 Å². The number of rotatable bonds is 2. The minimum Gasteiger partial charge on any atom is -0.299 e. The van der Waals surface area contributed by atoms with Crippen LogP contribution in [-0.2, 0) is 13.0 Å². The fourth-order valence-electron chi connectivity index (χ4n) is 2.74. The lowest BCUT2D eigenvalue weighted by atomic mass is 9.89. The number of likely N-dealkylation sites (N-methyl/N-ethyl adjacent to an activating group) is 1. The molecule has 108 valence electrons. The second-order valence-electron chi connectivity index (χ2n) is 5.55. The van der Waals surface area contributed by atoms with Gasteiger partial charge in [0.2, 0.25) is 0 Å². The zero-order chi connectivity index (χ0) is 14.4. The first kappa shape index (κ1) is 15.3. The quantitative estimate of drug-likeness (QED) is 0.756. The zero-order valence-corrected chi connectivity index (χ0v) is 13.6. The summed E-state index contributed by atoms with van der Waals surface area (Å²) in [6.45, 7) is 10.4. The summed E-state index contributed by atoms with van der Waals surface area (Å²) in [7, 11) is 0. The molecule has 0 saturated heterocycles. The van der Waals surface area contributed by atoms with E-state index in [1.807, 2.05) is 22.9 Å². The first-order chi connectivity index (χ1) is 9.72. The van der Waals surface area contributed by atoms with Crippen LogP contribution >= 0.6 is 11.3 Å².